The Bertz CT molecular complexity index is 340. The van der Waals surface area contributed by atoms with Crippen molar-refractivity contribution in [2.75, 3.05) is 6.54 Å². The van der Waals surface area contributed by atoms with Gasteiger partial charge in [-0.25, -0.2) is 0 Å². The van der Waals surface area contributed by atoms with Crippen LogP contribution in [-0.2, 0) is 6.42 Å². The molecule has 1 aromatic heterocycles. The summed E-state index contributed by atoms with van der Waals surface area (Å²) in [5, 5.41) is 14.8. The van der Waals surface area contributed by atoms with Crippen molar-refractivity contribution >= 4 is 11.3 Å². The van der Waals surface area contributed by atoms with Crippen LogP contribution in [0.3, 0.4) is 0 Å². The molecular formula is C12H19N3S. The Labute approximate surface area is 101 Å². The zero-order chi connectivity index (χ0) is 10.8. The van der Waals surface area contributed by atoms with Gasteiger partial charge in [-0.05, 0) is 32.2 Å². The fourth-order valence-electron chi connectivity index (χ4n) is 2.48. The van der Waals surface area contributed by atoms with Gasteiger partial charge < -0.3 is 5.32 Å². The van der Waals surface area contributed by atoms with Crippen LogP contribution < -0.4 is 5.32 Å². The number of hydrogen-bond acceptors (Lipinski definition) is 4. The van der Waals surface area contributed by atoms with Gasteiger partial charge in [-0.3, -0.25) is 0 Å². The van der Waals surface area contributed by atoms with Crippen LogP contribution in [0.15, 0.2) is 0 Å². The third kappa shape index (κ3) is 2.28. The Morgan fingerprint density at radius 1 is 1.12 bits per heavy atom. The number of aromatic nitrogens is 2. The molecule has 0 radical (unpaired) electrons. The van der Waals surface area contributed by atoms with Crippen LogP contribution in [0.2, 0.25) is 0 Å². The summed E-state index contributed by atoms with van der Waals surface area (Å²) in [7, 11) is 0. The molecule has 3 rings (SSSR count). The van der Waals surface area contributed by atoms with Crippen molar-refractivity contribution in [2.24, 2.45) is 0 Å². The molecule has 16 heavy (non-hydrogen) atoms. The van der Waals surface area contributed by atoms with Gasteiger partial charge in [0.2, 0.25) is 0 Å². The predicted octanol–water partition coefficient (Wildman–Crippen LogP) is 2.49. The van der Waals surface area contributed by atoms with E-state index >= 15 is 0 Å². The minimum atomic E-state index is 0.649. The van der Waals surface area contributed by atoms with Crippen molar-refractivity contribution in [3.63, 3.8) is 0 Å². The second-order valence-electron chi connectivity index (χ2n) is 5.01. The third-order valence-electron chi connectivity index (χ3n) is 3.77. The van der Waals surface area contributed by atoms with Crippen molar-refractivity contribution in [3.8, 4) is 0 Å². The van der Waals surface area contributed by atoms with Crippen LogP contribution in [0, 0.1) is 0 Å². The summed E-state index contributed by atoms with van der Waals surface area (Å²) in [6.45, 7) is 1.18. The molecule has 2 heterocycles. The maximum absolute atomic E-state index is 4.34. The highest BCUT2D eigenvalue weighted by atomic mass is 32.1. The first-order valence-corrected chi connectivity index (χ1v) is 7.29. The van der Waals surface area contributed by atoms with E-state index in [9.17, 15) is 0 Å². The Morgan fingerprint density at radius 3 is 2.75 bits per heavy atom. The van der Waals surface area contributed by atoms with E-state index in [0.29, 0.717) is 6.04 Å². The van der Waals surface area contributed by atoms with E-state index in [1.807, 2.05) is 11.3 Å². The molecule has 0 amide bonds. The number of rotatable bonds is 3. The van der Waals surface area contributed by atoms with Crippen LogP contribution in [-0.4, -0.2) is 22.8 Å². The second kappa shape index (κ2) is 4.80. The number of nitrogens with zero attached hydrogens (tertiary/aromatic N) is 2. The van der Waals surface area contributed by atoms with Gasteiger partial charge in [0.25, 0.3) is 0 Å². The van der Waals surface area contributed by atoms with Crippen LogP contribution in [0.5, 0.6) is 0 Å². The molecule has 1 atom stereocenters. The molecule has 1 saturated heterocycles. The maximum atomic E-state index is 4.34. The van der Waals surface area contributed by atoms with Gasteiger partial charge in [0.05, 0.1) is 0 Å². The van der Waals surface area contributed by atoms with Gasteiger partial charge in [0, 0.05) is 18.4 Å². The van der Waals surface area contributed by atoms with Crippen LogP contribution in [0.25, 0.3) is 0 Å². The Morgan fingerprint density at radius 2 is 2.06 bits per heavy atom. The fourth-order valence-corrected chi connectivity index (χ4v) is 3.57. The first-order valence-electron chi connectivity index (χ1n) is 6.47. The highest BCUT2D eigenvalue weighted by molar-refractivity contribution is 7.11. The van der Waals surface area contributed by atoms with Gasteiger partial charge in [0.15, 0.2) is 0 Å². The molecule has 1 aliphatic heterocycles. The predicted molar refractivity (Wildman–Crippen MR) is 65.8 cm³/mol. The Balaban J connectivity index is 1.58. The van der Waals surface area contributed by atoms with Crippen LogP contribution in [0.1, 0.15) is 54.5 Å². The van der Waals surface area contributed by atoms with Gasteiger partial charge in [-0.2, -0.15) is 0 Å². The summed E-state index contributed by atoms with van der Waals surface area (Å²) in [6.07, 6.45) is 9.13. The van der Waals surface area contributed by atoms with E-state index in [-0.39, 0.29) is 0 Å². The second-order valence-corrected chi connectivity index (χ2v) is 6.11. The average molecular weight is 237 g/mol. The Hall–Kier alpha value is -0.480. The SMILES string of the molecule is C1CCC(Cc2nnc(C3CCC3)s2)NC1. The molecule has 1 unspecified atom stereocenters. The number of piperidine rings is 1. The molecule has 1 aromatic rings. The molecule has 2 aliphatic rings. The van der Waals surface area contributed by atoms with Crippen molar-refractivity contribution in [3.05, 3.63) is 10.0 Å². The number of nitrogens with one attached hydrogen (secondary N) is 1. The van der Waals surface area contributed by atoms with E-state index in [1.165, 1.54) is 55.1 Å². The molecular weight excluding hydrogens is 218 g/mol. The monoisotopic (exact) mass is 237 g/mol. The molecule has 1 N–H and O–H groups in total. The molecule has 0 spiro atoms. The topological polar surface area (TPSA) is 37.8 Å². The summed E-state index contributed by atoms with van der Waals surface area (Å²) >= 11 is 1.85. The zero-order valence-corrected chi connectivity index (χ0v) is 10.4. The van der Waals surface area contributed by atoms with Gasteiger partial charge in [0.1, 0.15) is 10.0 Å². The molecule has 0 aromatic carbocycles. The van der Waals surface area contributed by atoms with E-state index < -0.39 is 0 Å². The Kier molecular flexibility index (Phi) is 3.20. The first-order chi connectivity index (χ1) is 7.92. The van der Waals surface area contributed by atoms with E-state index in [4.69, 9.17) is 0 Å². The van der Waals surface area contributed by atoms with Gasteiger partial charge >= 0.3 is 0 Å². The van der Waals surface area contributed by atoms with Gasteiger partial charge in [-0.1, -0.05) is 12.8 Å². The summed E-state index contributed by atoms with van der Waals surface area (Å²) in [4.78, 5) is 0. The average Bonchev–Trinajstić information content (AvgIpc) is 2.65. The van der Waals surface area contributed by atoms with Crippen molar-refractivity contribution in [1.29, 1.82) is 0 Å². The van der Waals surface area contributed by atoms with Crippen LogP contribution >= 0.6 is 11.3 Å². The highest BCUT2D eigenvalue weighted by Gasteiger charge is 2.24. The third-order valence-corrected chi connectivity index (χ3v) is 4.88. The minimum absolute atomic E-state index is 0.649. The van der Waals surface area contributed by atoms with E-state index in [0.717, 1.165) is 12.3 Å². The molecule has 4 heteroatoms. The van der Waals surface area contributed by atoms with Crippen molar-refractivity contribution < 1.29 is 0 Å². The number of hydrogen-bond donors (Lipinski definition) is 1. The van der Waals surface area contributed by atoms with Crippen LogP contribution in [0.4, 0.5) is 0 Å². The summed E-state index contributed by atoms with van der Waals surface area (Å²) in [5.74, 6) is 0.741. The molecule has 1 saturated carbocycles. The smallest absolute Gasteiger partial charge is 0.120 e. The lowest BCUT2D eigenvalue weighted by Crippen LogP contribution is -2.35. The summed E-state index contributed by atoms with van der Waals surface area (Å²) < 4.78 is 0. The molecule has 3 nitrogen and oxygen atoms in total. The minimum Gasteiger partial charge on any atom is -0.314 e. The largest absolute Gasteiger partial charge is 0.314 e. The zero-order valence-electron chi connectivity index (χ0n) is 9.61. The lowest BCUT2D eigenvalue weighted by atomic mass is 9.86. The lowest BCUT2D eigenvalue weighted by Gasteiger charge is -2.22. The van der Waals surface area contributed by atoms with Crippen molar-refractivity contribution in [1.82, 2.24) is 15.5 Å². The highest BCUT2D eigenvalue weighted by Crippen LogP contribution is 2.37. The van der Waals surface area contributed by atoms with E-state index in [1.54, 1.807) is 0 Å². The standard InChI is InChI=1S/C12H19N3S/c1-2-7-13-10(6-1)8-11-14-15-12(16-11)9-4-3-5-9/h9-10,13H,1-8H2. The summed E-state index contributed by atoms with van der Waals surface area (Å²) in [6, 6.07) is 0.649. The molecule has 88 valence electrons. The first kappa shape index (κ1) is 10.7. The lowest BCUT2D eigenvalue weighted by molar-refractivity contribution is 0.398. The fraction of sp³-hybridized carbons (Fsp3) is 0.833. The maximum Gasteiger partial charge on any atom is 0.120 e. The molecule has 1 aliphatic carbocycles. The molecule has 2 fully saturated rings. The van der Waals surface area contributed by atoms with E-state index in [2.05, 4.69) is 15.5 Å². The molecule has 0 bridgehead atoms. The quantitative estimate of drug-likeness (QED) is 0.877. The normalized spacial score (nSPS) is 26.6. The summed E-state index contributed by atoms with van der Waals surface area (Å²) in [5.41, 5.74) is 0. The van der Waals surface area contributed by atoms with Gasteiger partial charge in [-0.15, -0.1) is 21.5 Å². The van der Waals surface area contributed by atoms with Crippen molar-refractivity contribution in [2.45, 2.75) is 56.9 Å².